The minimum absolute atomic E-state index is 0.135. The molecule has 0 unspecified atom stereocenters. The lowest BCUT2D eigenvalue weighted by atomic mass is 9.80. The van der Waals surface area contributed by atoms with Crippen LogP contribution in [-0.2, 0) is 4.79 Å². The third kappa shape index (κ3) is 4.40. The summed E-state index contributed by atoms with van der Waals surface area (Å²) in [6.45, 7) is 0.800. The van der Waals surface area contributed by atoms with Crippen LogP contribution in [-0.4, -0.2) is 42.6 Å². The summed E-state index contributed by atoms with van der Waals surface area (Å²) in [5, 5.41) is 9.88. The van der Waals surface area contributed by atoms with E-state index in [0.717, 1.165) is 50.3 Å². The van der Waals surface area contributed by atoms with Gasteiger partial charge in [-0.2, -0.15) is 0 Å². The molecule has 3 N–H and O–H groups in total. The van der Waals surface area contributed by atoms with E-state index in [-0.39, 0.29) is 29.9 Å². The molecular weight excluding hydrogens is 452 g/mol. The van der Waals surface area contributed by atoms with Crippen LogP contribution in [0.2, 0.25) is 0 Å². The van der Waals surface area contributed by atoms with E-state index >= 15 is 0 Å². The van der Waals surface area contributed by atoms with Crippen LogP contribution in [0.4, 0.5) is 16.2 Å². The van der Waals surface area contributed by atoms with Crippen molar-refractivity contribution in [1.82, 2.24) is 10.2 Å². The van der Waals surface area contributed by atoms with Gasteiger partial charge in [0.1, 0.15) is 5.75 Å². The van der Waals surface area contributed by atoms with Crippen LogP contribution < -0.4 is 20.7 Å². The maximum Gasteiger partial charge on any atom is 0.319 e. The second-order valence-corrected chi connectivity index (χ2v) is 10.8. The van der Waals surface area contributed by atoms with Gasteiger partial charge in [0.25, 0.3) is 0 Å². The highest BCUT2D eigenvalue weighted by Gasteiger charge is 2.51. The van der Waals surface area contributed by atoms with E-state index < -0.39 is 0 Å². The van der Waals surface area contributed by atoms with Crippen molar-refractivity contribution in [1.29, 1.82) is 0 Å². The van der Waals surface area contributed by atoms with Crippen LogP contribution >= 0.6 is 0 Å². The average Bonchev–Trinajstić information content (AvgIpc) is 3.66. The van der Waals surface area contributed by atoms with E-state index in [1.807, 2.05) is 24.3 Å². The van der Waals surface area contributed by atoms with Gasteiger partial charge in [-0.05, 0) is 73.9 Å². The van der Waals surface area contributed by atoms with E-state index in [1.165, 1.54) is 24.1 Å². The molecule has 4 aliphatic rings. The highest BCUT2D eigenvalue weighted by molar-refractivity contribution is 5.90. The van der Waals surface area contributed by atoms with Crippen molar-refractivity contribution in [2.45, 2.75) is 63.1 Å². The molecule has 2 aromatic rings. The van der Waals surface area contributed by atoms with Gasteiger partial charge < -0.3 is 25.6 Å². The number of para-hydroxylation sites is 1. The fourth-order valence-corrected chi connectivity index (χ4v) is 6.76. The van der Waals surface area contributed by atoms with Crippen molar-refractivity contribution in [3.05, 3.63) is 54.1 Å². The lowest BCUT2D eigenvalue weighted by Crippen LogP contribution is -2.51. The number of urea groups is 1. The minimum atomic E-state index is -0.259. The van der Waals surface area contributed by atoms with Gasteiger partial charge in [-0.25, -0.2) is 4.79 Å². The normalized spacial score (nSPS) is 28.9. The van der Waals surface area contributed by atoms with Crippen LogP contribution in [0.25, 0.3) is 0 Å². The van der Waals surface area contributed by atoms with Gasteiger partial charge in [-0.1, -0.05) is 31.0 Å². The molecule has 2 heterocycles. The molecule has 3 amide bonds. The minimum Gasteiger partial charge on any atom is -0.497 e. The third-order valence-corrected chi connectivity index (χ3v) is 8.67. The summed E-state index contributed by atoms with van der Waals surface area (Å²) < 4.78 is 5.19. The van der Waals surface area contributed by atoms with Gasteiger partial charge >= 0.3 is 6.03 Å². The number of benzene rings is 2. The lowest BCUT2D eigenvalue weighted by Gasteiger charge is -2.42. The first kappa shape index (κ1) is 23.2. The Kier molecular flexibility index (Phi) is 6.23. The fraction of sp³-hybridized carbons (Fsp3) is 0.517. The van der Waals surface area contributed by atoms with Crippen LogP contribution in [0.5, 0.6) is 5.75 Å². The predicted molar refractivity (Wildman–Crippen MR) is 140 cm³/mol. The predicted octanol–water partition coefficient (Wildman–Crippen LogP) is 5.17. The molecule has 0 aromatic heterocycles. The quantitative estimate of drug-likeness (QED) is 0.542. The molecule has 5 atom stereocenters. The zero-order chi connectivity index (χ0) is 24.6. The number of hydrogen-bond donors (Lipinski definition) is 3. The highest BCUT2D eigenvalue weighted by Crippen LogP contribution is 2.52. The summed E-state index contributed by atoms with van der Waals surface area (Å²) in [7, 11) is 1.62. The Morgan fingerprint density at radius 1 is 0.972 bits per heavy atom. The van der Waals surface area contributed by atoms with Crippen LogP contribution in [0.15, 0.2) is 48.5 Å². The van der Waals surface area contributed by atoms with Gasteiger partial charge in [0, 0.05) is 35.9 Å². The Labute approximate surface area is 213 Å². The maximum atomic E-state index is 14.1. The Hall–Kier alpha value is -3.22. The molecule has 6 rings (SSSR count). The second kappa shape index (κ2) is 9.68. The van der Waals surface area contributed by atoms with Gasteiger partial charge in [-0.3, -0.25) is 4.79 Å². The molecule has 2 saturated carbocycles. The lowest BCUT2D eigenvalue weighted by molar-refractivity contribution is -0.138. The van der Waals surface area contributed by atoms with E-state index in [4.69, 9.17) is 4.74 Å². The molecule has 2 aromatic carbocycles. The number of nitrogens with zero attached hydrogens (tertiary/aromatic N) is 1. The summed E-state index contributed by atoms with van der Waals surface area (Å²) >= 11 is 0. The van der Waals surface area contributed by atoms with Gasteiger partial charge in [-0.15, -0.1) is 0 Å². The summed E-state index contributed by atoms with van der Waals surface area (Å²) in [6.07, 6.45) is 7.33. The highest BCUT2D eigenvalue weighted by atomic mass is 16.5. The zero-order valence-corrected chi connectivity index (χ0v) is 20.9. The van der Waals surface area contributed by atoms with Crippen LogP contribution in [0.1, 0.15) is 56.6 Å². The molecule has 190 valence electrons. The van der Waals surface area contributed by atoms with E-state index in [1.54, 1.807) is 7.11 Å². The van der Waals surface area contributed by atoms with Gasteiger partial charge in [0.05, 0.1) is 19.1 Å². The molecule has 2 aliphatic heterocycles. The number of anilines is 2. The number of carbonyl (C=O) groups is 2. The van der Waals surface area contributed by atoms with Crippen molar-refractivity contribution in [3.8, 4) is 5.75 Å². The monoisotopic (exact) mass is 488 g/mol. The molecule has 7 heteroatoms. The average molecular weight is 489 g/mol. The first-order valence-electron chi connectivity index (χ1n) is 13.5. The molecule has 3 fully saturated rings. The molecule has 0 spiro atoms. The number of nitrogens with one attached hydrogen (secondary N) is 3. The second-order valence-electron chi connectivity index (χ2n) is 10.8. The number of fused-ring (bicyclic) bond motifs is 3. The molecule has 0 radical (unpaired) electrons. The van der Waals surface area contributed by atoms with E-state index in [9.17, 15) is 9.59 Å². The summed E-state index contributed by atoms with van der Waals surface area (Å²) in [5.74, 6) is 1.96. The Morgan fingerprint density at radius 3 is 2.53 bits per heavy atom. The van der Waals surface area contributed by atoms with Gasteiger partial charge in [0.2, 0.25) is 5.91 Å². The largest absolute Gasteiger partial charge is 0.497 e. The van der Waals surface area contributed by atoms with Crippen LogP contribution in [0, 0.1) is 17.8 Å². The van der Waals surface area contributed by atoms with E-state index in [0.29, 0.717) is 17.6 Å². The standard InChI is InChI=1S/C29H36N4O3/c1-36-20-14-12-19(13-15-20)30-29(35)32-25-9-5-3-7-22(25)28(34)33-17-16-23-26(18-10-11-18)31-24-8-4-2-6-21(24)27(23)33/h2,4,6,8,12-15,18,22-23,25-27,31H,3,5,7,9-11,16-17H2,1H3,(H2,30,32,35)/t22-,23+,25+,26-,27-/m0/s1. The molecule has 0 bridgehead atoms. The number of likely N-dealkylation sites (tertiary alicyclic amines) is 1. The number of methoxy groups -OCH3 is 1. The van der Waals surface area contributed by atoms with Crippen molar-refractivity contribution in [2.24, 2.45) is 17.8 Å². The Balaban J connectivity index is 1.18. The number of rotatable bonds is 5. The first-order valence-corrected chi connectivity index (χ1v) is 13.5. The summed E-state index contributed by atoms with van der Waals surface area (Å²) in [4.78, 5) is 29.1. The van der Waals surface area contributed by atoms with Crippen LogP contribution in [0.3, 0.4) is 0 Å². The number of ether oxygens (including phenoxy) is 1. The number of hydrogen-bond acceptors (Lipinski definition) is 4. The summed E-state index contributed by atoms with van der Waals surface area (Å²) in [5.41, 5.74) is 3.14. The SMILES string of the molecule is COc1ccc(NC(=O)N[C@@H]2CCCC[C@@H]2C(=O)N2CC[C@@H]3[C@H](C4CC4)Nc4ccccc4[C@@H]32)cc1. The van der Waals surface area contributed by atoms with Crippen molar-refractivity contribution >= 4 is 23.3 Å². The summed E-state index contributed by atoms with van der Waals surface area (Å²) in [6, 6.07) is 16.0. The Bertz CT molecular complexity index is 1120. The molecule has 1 saturated heterocycles. The Morgan fingerprint density at radius 2 is 1.75 bits per heavy atom. The topological polar surface area (TPSA) is 82.7 Å². The number of amides is 3. The van der Waals surface area contributed by atoms with E-state index in [2.05, 4.69) is 45.1 Å². The number of carbonyl (C=O) groups excluding carboxylic acids is 2. The molecule has 2 aliphatic carbocycles. The van der Waals surface area contributed by atoms with Crippen molar-refractivity contribution in [2.75, 3.05) is 24.3 Å². The fourth-order valence-electron chi connectivity index (χ4n) is 6.76. The molecule has 7 nitrogen and oxygen atoms in total. The molecule has 36 heavy (non-hydrogen) atoms. The first-order chi connectivity index (χ1) is 17.6. The third-order valence-electron chi connectivity index (χ3n) is 8.67. The van der Waals surface area contributed by atoms with Crippen molar-refractivity contribution < 1.29 is 14.3 Å². The molecular formula is C29H36N4O3. The smallest absolute Gasteiger partial charge is 0.319 e. The van der Waals surface area contributed by atoms with Crippen molar-refractivity contribution in [3.63, 3.8) is 0 Å². The van der Waals surface area contributed by atoms with Gasteiger partial charge in [0.15, 0.2) is 0 Å². The zero-order valence-electron chi connectivity index (χ0n) is 20.9. The maximum absolute atomic E-state index is 14.1.